The Morgan fingerprint density at radius 3 is 2.95 bits per heavy atom. The van der Waals surface area contributed by atoms with Crippen LogP contribution in [0.4, 0.5) is 0 Å². The fraction of sp³-hybridized carbons (Fsp3) is 0.429. The fourth-order valence-corrected chi connectivity index (χ4v) is 2.51. The molecule has 0 spiro atoms. The van der Waals surface area contributed by atoms with Gasteiger partial charge in [0.1, 0.15) is 0 Å². The second kappa shape index (κ2) is 5.91. The summed E-state index contributed by atoms with van der Waals surface area (Å²) in [6.45, 7) is 5.88. The average molecular weight is 293 g/mol. The van der Waals surface area contributed by atoms with Crippen molar-refractivity contribution in [2.45, 2.75) is 19.5 Å². The minimum Gasteiger partial charge on any atom is -0.338 e. The summed E-state index contributed by atoms with van der Waals surface area (Å²) < 4.78 is 5.33. The largest absolute Gasteiger partial charge is 0.338 e. The Kier molecular flexibility index (Phi) is 4.00. The first-order valence-corrected chi connectivity index (χ1v) is 7.13. The van der Waals surface area contributed by atoms with E-state index >= 15 is 0 Å². The number of nitrogens with zero attached hydrogens (tertiary/aromatic N) is 3. The van der Waals surface area contributed by atoms with E-state index in [0.717, 1.165) is 25.2 Å². The molecule has 1 aromatic carbocycles. The van der Waals surface area contributed by atoms with Gasteiger partial charge in [0.2, 0.25) is 11.7 Å². The van der Waals surface area contributed by atoms with E-state index in [9.17, 15) is 0 Å². The lowest BCUT2D eigenvalue weighted by atomic mass is 10.2. The van der Waals surface area contributed by atoms with Crippen molar-refractivity contribution in [3.8, 4) is 11.4 Å². The van der Waals surface area contributed by atoms with Gasteiger partial charge in [-0.2, -0.15) is 4.98 Å². The molecule has 1 aliphatic heterocycles. The van der Waals surface area contributed by atoms with E-state index in [4.69, 9.17) is 16.1 Å². The number of hydrogen-bond acceptors (Lipinski definition) is 5. The predicted octanol–water partition coefficient (Wildman–Crippen LogP) is 2.18. The van der Waals surface area contributed by atoms with Crippen LogP contribution in [-0.2, 0) is 6.54 Å². The zero-order valence-electron chi connectivity index (χ0n) is 11.3. The summed E-state index contributed by atoms with van der Waals surface area (Å²) in [4.78, 5) is 6.77. The molecule has 20 heavy (non-hydrogen) atoms. The van der Waals surface area contributed by atoms with Gasteiger partial charge in [-0.1, -0.05) is 16.8 Å². The molecule has 0 amide bonds. The highest BCUT2D eigenvalue weighted by Crippen LogP contribution is 2.19. The van der Waals surface area contributed by atoms with Gasteiger partial charge in [-0.25, -0.2) is 0 Å². The van der Waals surface area contributed by atoms with Gasteiger partial charge < -0.3 is 9.84 Å². The quantitative estimate of drug-likeness (QED) is 0.940. The zero-order chi connectivity index (χ0) is 13.9. The van der Waals surface area contributed by atoms with Crippen LogP contribution in [0, 0.1) is 0 Å². The zero-order valence-corrected chi connectivity index (χ0v) is 12.1. The van der Waals surface area contributed by atoms with Crippen molar-refractivity contribution < 1.29 is 4.52 Å². The third-order valence-corrected chi connectivity index (χ3v) is 3.63. The number of benzene rings is 1. The van der Waals surface area contributed by atoms with Crippen molar-refractivity contribution in [1.82, 2.24) is 20.4 Å². The molecule has 2 aromatic rings. The topological polar surface area (TPSA) is 54.2 Å². The number of aromatic nitrogens is 2. The van der Waals surface area contributed by atoms with E-state index in [1.165, 1.54) is 0 Å². The van der Waals surface area contributed by atoms with Crippen LogP contribution in [0.3, 0.4) is 0 Å². The third-order valence-electron chi connectivity index (χ3n) is 3.38. The molecule has 0 bridgehead atoms. The average Bonchev–Trinajstić information content (AvgIpc) is 2.88. The molecule has 1 fully saturated rings. The summed E-state index contributed by atoms with van der Waals surface area (Å²) >= 11 is 5.87. The Morgan fingerprint density at radius 2 is 2.20 bits per heavy atom. The molecule has 1 saturated heterocycles. The minimum absolute atomic E-state index is 0.502. The van der Waals surface area contributed by atoms with Crippen molar-refractivity contribution in [3.63, 3.8) is 0 Å². The SMILES string of the molecule is C[C@H]1CN(Cc2nc(-c3ccc(Cl)cc3)no2)CCN1. The second-order valence-corrected chi connectivity index (χ2v) is 5.55. The molecule has 0 radical (unpaired) electrons. The van der Waals surface area contributed by atoms with Crippen LogP contribution in [0.1, 0.15) is 12.8 Å². The molecule has 106 valence electrons. The predicted molar refractivity (Wildman–Crippen MR) is 77.5 cm³/mol. The second-order valence-electron chi connectivity index (χ2n) is 5.11. The highest BCUT2D eigenvalue weighted by atomic mass is 35.5. The lowest BCUT2D eigenvalue weighted by Gasteiger charge is -2.30. The number of rotatable bonds is 3. The molecule has 0 aliphatic carbocycles. The first-order chi connectivity index (χ1) is 9.70. The molecule has 0 saturated carbocycles. The number of piperazine rings is 1. The highest BCUT2D eigenvalue weighted by molar-refractivity contribution is 6.30. The monoisotopic (exact) mass is 292 g/mol. The first-order valence-electron chi connectivity index (χ1n) is 6.75. The Bertz CT molecular complexity index is 569. The fourth-order valence-electron chi connectivity index (χ4n) is 2.38. The van der Waals surface area contributed by atoms with Crippen molar-refractivity contribution in [1.29, 1.82) is 0 Å². The summed E-state index contributed by atoms with van der Waals surface area (Å²) in [7, 11) is 0. The molecule has 1 aliphatic rings. The van der Waals surface area contributed by atoms with Crippen molar-refractivity contribution in [3.05, 3.63) is 35.2 Å². The smallest absolute Gasteiger partial charge is 0.241 e. The van der Waals surface area contributed by atoms with E-state index in [-0.39, 0.29) is 0 Å². The molecular formula is C14H17ClN4O. The number of halogens is 1. The van der Waals surface area contributed by atoms with Crippen LogP contribution >= 0.6 is 11.6 Å². The van der Waals surface area contributed by atoms with Gasteiger partial charge in [-0.15, -0.1) is 0 Å². The van der Waals surface area contributed by atoms with Gasteiger partial charge in [0.15, 0.2) is 0 Å². The van der Waals surface area contributed by atoms with Gasteiger partial charge >= 0.3 is 0 Å². The molecule has 1 atom stereocenters. The summed E-state index contributed by atoms with van der Waals surface area (Å²) in [5.74, 6) is 1.27. The number of hydrogen-bond donors (Lipinski definition) is 1. The normalized spacial score (nSPS) is 20.2. The minimum atomic E-state index is 0.502. The maximum Gasteiger partial charge on any atom is 0.241 e. The van der Waals surface area contributed by atoms with E-state index in [1.54, 1.807) is 0 Å². The van der Waals surface area contributed by atoms with Crippen molar-refractivity contribution in [2.24, 2.45) is 0 Å². The molecule has 2 heterocycles. The van der Waals surface area contributed by atoms with Crippen LogP contribution in [0.25, 0.3) is 11.4 Å². The van der Waals surface area contributed by atoms with Crippen LogP contribution in [0.15, 0.2) is 28.8 Å². The Balaban J connectivity index is 1.69. The highest BCUT2D eigenvalue weighted by Gasteiger charge is 2.18. The molecule has 3 rings (SSSR count). The van der Waals surface area contributed by atoms with E-state index < -0.39 is 0 Å². The Labute approximate surface area is 122 Å². The Hall–Kier alpha value is -1.43. The summed E-state index contributed by atoms with van der Waals surface area (Å²) in [5.41, 5.74) is 0.915. The van der Waals surface area contributed by atoms with Gasteiger partial charge in [0.25, 0.3) is 0 Å². The van der Waals surface area contributed by atoms with Gasteiger partial charge in [-0.05, 0) is 31.2 Å². The van der Waals surface area contributed by atoms with Crippen LogP contribution in [0.2, 0.25) is 5.02 Å². The van der Waals surface area contributed by atoms with Gasteiger partial charge in [0, 0.05) is 36.3 Å². The van der Waals surface area contributed by atoms with Crippen LogP contribution in [0.5, 0.6) is 0 Å². The lowest BCUT2D eigenvalue weighted by Crippen LogP contribution is -2.48. The lowest BCUT2D eigenvalue weighted by molar-refractivity contribution is 0.177. The van der Waals surface area contributed by atoms with E-state index in [2.05, 4.69) is 27.3 Å². The number of nitrogens with one attached hydrogen (secondary N) is 1. The third kappa shape index (κ3) is 3.17. The summed E-state index contributed by atoms with van der Waals surface area (Å²) in [5, 5.41) is 8.14. The maximum atomic E-state index is 5.87. The van der Waals surface area contributed by atoms with Gasteiger partial charge in [-0.3, -0.25) is 4.90 Å². The molecule has 1 aromatic heterocycles. The first kappa shape index (κ1) is 13.5. The molecule has 5 nitrogen and oxygen atoms in total. The molecule has 1 N–H and O–H groups in total. The van der Waals surface area contributed by atoms with Crippen molar-refractivity contribution >= 4 is 11.6 Å². The van der Waals surface area contributed by atoms with Crippen LogP contribution < -0.4 is 5.32 Å². The Morgan fingerprint density at radius 1 is 1.40 bits per heavy atom. The van der Waals surface area contributed by atoms with Gasteiger partial charge in [0.05, 0.1) is 6.54 Å². The summed E-state index contributed by atoms with van der Waals surface area (Å²) in [6.07, 6.45) is 0. The molecule has 0 unspecified atom stereocenters. The molecular weight excluding hydrogens is 276 g/mol. The summed E-state index contributed by atoms with van der Waals surface area (Å²) in [6, 6.07) is 7.94. The molecule has 6 heteroatoms. The van der Waals surface area contributed by atoms with Crippen LogP contribution in [-0.4, -0.2) is 40.7 Å². The maximum absolute atomic E-state index is 5.87. The van der Waals surface area contributed by atoms with Crippen molar-refractivity contribution in [2.75, 3.05) is 19.6 Å². The van der Waals surface area contributed by atoms with E-state index in [0.29, 0.717) is 29.3 Å². The standard InChI is InChI=1S/C14H17ClN4O/c1-10-8-19(7-6-16-10)9-13-17-14(18-20-13)11-2-4-12(15)5-3-11/h2-5,10,16H,6-9H2,1H3/t10-/m0/s1. The van der Waals surface area contributed by atoms with E-state index in [1.807, 2.05) is 24.3 Å².